The largest absolute Gasteiger partial charge is 0.493 e. The zero-order chi connectivity index (χ0) is 27.1. The highest BCUT2D eigenvalue weighted by molar-refractivity contribution is 6.34. The summed E-state index contributed by atoms with van der Waals surface area (Å²) in [4.78, 5) is 39.1. The van der Waals surface area contributed by atoms with Gasteiger partial charge in [0.25, 0.3) is 5.91 Å². The Morgan fingerprint density at radius 1 is 1.08 bits per heavy atom. The number of ether oxygens (including phenoxy) is 1. The standard InChI is InChI=1S/C28H29Cl2FN2O5/c1-15(18-8-19(29)10-20(30)9-18)32-6-4-16(5-7-32)14-38-25-12-23(31)22(11-21(25)17-2-3-17)27(35)33-24(28(36)37)13-26(33)34/h8-12,15-17,24H,2-7,13-14H2,1H3,(H,36,37). The first kappa shape index (κ1) is 26.9. The first-order valence-corrected chi connectivity index (χ1v) is 13.6. The highest BCUT2D eigenvalue weighted by Crippen LogP contribution is 2.45. The number of rotatable bonds is 8. The summed E-state index contributed by atoms with van der Waals surface area (Å²) in [5.74, 6) is -2.76. The fourth-order valence-electron chi connectivity index (χ4n) is 5.31. The van der Waals surface area contributed by atoms with Crippen LogP contribution in [-0.4, -0.2) is 58.4 Å². The Morgan fingerprint density at radius 2 is 1.74 bits per heavy atom. The molecule has 3 fully saturated rings. The van der Waals surface area contributed by atoms with Crippen molar-refractivity contribution < 1.29 is 28.6 Å². The second kappa shape index (κ2) is 10.8. The van der Waals surface area contributed by atoms with Crippen LogP contribution >= 0.6 is 23.2 Å². The topological polar surface area (TPSA) is 87.2 Å². The summed E-state index contributed by atoms with van der Waals surface area (Å²) in [6.07, 6.45) is 3.39. The fraction of sp³-hybridized carbons (Fsp3) is 0.464. The average Bonchev–Trinajstić information content (AvgIpc) is 3.70. The maximum absolute atomic E-state index is 15.1. The summed E-state index contributed by atoms with van der Waals surface area (Å²) in [5.41, 5.74) is 1.52. The van der Waals surface area contributed by atoms with Gasteiger partial charge in [-0.05, 0) is 92.9 Å². The van der Waals surface area contributed by atoms with Crippen molar-refractivity contribution in [2.24, 2.45) is 5.92 Å². The van der Waals surface area contributed by atoms with Crippen LogP contribution in [0.25, 0.3) is 0 Å². The summed E-state index contributed by atoms with van der Waals surface area (Å²) in [6.45, 7) is 4.33. The van der Waals surface area contributed by atoms with Crippen LogP contribution in [0, 0.1) is 11.7 Å². The van der Waals surface area contributed by atoms with Gasteiger partial charge >= 0.3 is 5.97 Å². The van der Waals surface area contributed by atoms with Gasteiger partial charge in [0, 0.05) is 22.2 Å². The Balaban J connectivity index is 1.22. The number of likely N-dealkylation sites (tertiary alicyclic amines) is 2. The molecule has 0 aromatic heterocycles. The normalized spacial score (nSPS) is 21.2. The van der Waals surface area contributed by atoms with Crippen LogP contribution < -0.4 is 4.74 Å². The fourth-order valence-corrected chi connectivity index (χ4v) is 5.86. The number of benzene rings is 2. The molecule has 2 unspecified atom stereocenters. The molecule has 7 nitrogen and oxygen atoms in total. The number of imide groups is 1. The number of hydrogen-bond acceptors (Lipinski definition) is 5. The molecule has 10 heteroatoms. The first-order valence-electron chi connectivity index (χ1n) is 12.9. The lowest BCUT2D eigenvalue weighted by Crippen LogP contribution is -2.59. The Hall–Kier alpha value is -2.68. The molecule has 1 saturated carbocycles. The van der Waals surface area contributed by atoms with Gasteiger partial charge in [0.05, 0.1) is 18.6 Å². The number of carboxylic acid groups (broad SMARTS) is 1. The van der Waals surface area contributed by atoms with E-state index < -0.39 is 29.6 Å². The van der Waals surface area contributed by atoms with Gasteiger partial charge in [-0.1, -0.05) is 23.2 Å². The Bertz CT molecular complexity index is 1260. The quantitative estimate of drug-likeness (QED) is 0.328. The van der Waals surface area contributed by atoms with E-state index in [4.69, 9.17) is 27.9 Å². The molecular formula is C28H29Cl2FN2O5. The van der Waals surface area contributed by atoms with Gasteiger partial charge in [-0.25, -0.2) is 9.18 Å². The minimum atomic E-state index is -1.28. The van der Waals surface area contributed by atoms with Crippen molar-refractivity contribution in [1.82, 2.24) is 9.80 Å². The molecule has 2 aromatic rings. The van der Waals surface area contributed by atoms with Crippen molar-refractivity contribution in [3.8, 4) is 5.75 Å². The molecule has 2 atom stereocenters. The number of halogens is 3. The highest BCUT2D eigenvalue weighted by atomic mass is 35.5. The second-order valence-corrected chi connectivity index (χ2v) is 11.3. The average molecular weight is 563 g/mol. The van der Waals surface area contributed by atoms with Crippen LogP contribution in [-0.2, 0) is 9.59 Å². The van der Waals surface area contributed by atoms with Crippen LogP contribution in [0.3, 0.4) is 0 Å². The van der Waals surface area contributed by atoms with Crippen molar-refractivity contribution in [3.63, 3.8) is 0 Å². The van der Waals surface area contributed by atoms with E-state index in [1.165, 1.54) is 12.1 Å². The number of carbonyl (C=O) groups is 3. The van der Waals surface area contributed by atoms with Crippen LogP contribution in [0.2, 0.25) is 10.0 Å². The van der Waals surface area contributed by atoms with Crippen LogP contribution in [0.15, 0.2) is 30.3 Å². The molecule has 1 aliphatic carbocycles. The summed E-state index contributed by atoms with van der Waals surface area (Å²) >= 11 is 12.4. The molecule has 1 N–H and O–H groups in total. The summed E-state index contributed by atoms with van der Waals surface area (Å²) in [5, 5.41) is 10.5. The van der Waals surface area contributed by atoms with E-state index in [0.29, 0.717) is 33.2 Å². The van der Waals surface area contributed by atoms with E-state index in [1.807, 2.05) is 12.1 Å². The van der Waals surface area contributed by atoms with Crippen molar-refractivity contribution >= 4 is 41.0 Å². The van der Waals surface area contributed by atoms with Gasteiger partial charge in [-0.2, -0.15) is 0 Å². The van der Waals surface area contributed by atoms with Crippen LogP contribution in [0.4, 0.5) is 4.39 Å². The molecule has 0 radical (unpaired) electrons. The number of carboxylic acids is 1. The molecule has 3 aliphatic rings. The molecule has 202 valence electrons. The third kappa shape index (κ3) is 5.53. The lowest BCUT2D eigenvalue weighted by Gasteiger charge is -2.36. The zero-order valence-electron chi connectivity index (χ0n) is 21.0. The number of piperidine rings is 1. The molecule has 2 aromatic carbocycles. The molecule has 0 spiro atoms. The number of carbonyl (C=O) groups excluding carboxylic acids is 2. The van der Waals surface area contributed by atoms with Crippen LogP contribution in [0.1, 0.15) is 72.5 Å². The third-order valence-corrected chi connectivity index (χ3v) is 8.27. The number of hydrogen-bond donors (Lipinski definition) is 1. The summed E-state index contributed by atoms with van der Waals surface area (Å²) in [6, 6.07) is 7.18. The SMILES string of the molecule is CC(c1cc(Cl)cc(Cl)c1)N1CCC(COc2cc(F)c(C(=O)N3C(=O)CC3C(=O)O)cc2C2CC2)CC1. The molecular weight excluding hydrogens is 534 g/mol. The second-order valence-electron chi connectivity index (χ2n) is 10.4. The van der Waals surface area contributed by atoms with E-state index in [1.54, 1.807) is 6.07 Å². The van der Waals surface area contributed by atoms with E-state index >= 15 is 4.39 Å². The molecule has 5 rings (SSSR count). The maximum atomic E-state index is 15.1. The molecule has 2 amide bonds. The Kier molecular flexibility index (Phi) is 7.67. The van der Waals surface area contributed by atoms with E-state index in [2.05, 4.69) is 11.8 Å². The minimum absolute atomic E-state index is 0.159. The summed E-state index contributed by atoms with van der Waals surface area (Å²) < 4.78 is 21.2. The van der Waals surface area contributed by atoms with E-state index in [9.17, 15) is 19.5 Å². The van der Waals surface area contributed by atoms with Gasteiger partial charge in [0.1, 0.15) is 17.6 Å². The van der Waals surface area contributed by atoms with Crippen molar-refractivity contribution in [2.75, 3.05) is 19.7 Å². The lowest BCUT2D eigenvalue weighted by molar-refractivity contribution is -0.158. The van der Waals surface area contributed by atoms with E-state index in [-0.39, 0.29) is 23.9 Å². The summed E-state index contributed by atoms with van der Waals surface area (Å²) in [7, 11) is 0. The molecule has 0 bridgehead atoms. The number of β-lactam (4-membered cyclic amide) rings is 1. The highest BCUT2D eigenvalue weighted by Gasteiger charge is 2.46. The lowest BCUT2D eigenvalue weighted by atomic mass is 9.95. The predicted octanol–water partition coefficient (Wildman–Crippen LogP) is 5.69. The van der Waals surface area contributed by atoms with Crippen molar-refractivity contribution in [1.29, 1.82) is 0 Å². The van der Waals surface area contributed by atoms with Gasteiger partial charge in [-0.15, -0.1) is 0 Å². The number of amides is 2. The zero-order valence-corrected chi connectivity index (χ0v) is 22.5. The number of aliphatic carboxylic acids is 1. The first-order chi connectivity index (χ1) is 18.1. The predicted molar refractivity (Wildman–Crippen MR) is 140 cm³/mol. The molecule has 2 heterocycles. The molecule has 2 saturated heterocycles. The van der Waals surface area contributed by atoms with Gasteiger partial charge in [0.2, 0.25) is 5.91 Å². The maximum Gasteiger partial charge on any atom is 0.327 e. The van der Waals surface area contributed by atoms with Crippen molar-refractivity contribution in [3.05, 3.63) is 62.9 Å². The number of nitrogens with zero attached hydrogens (tertiary/aromatic N) is 2. The monoisotopic (exact) mass is 562 g/mol. The molecule has 38 heavy (non-hydrogen) atoms. The Labute approximate surface area is 230 Å². The van der Waals surface area contributed by atoms with Gasteiger partial charge in [-0.3, -0.25) is 19.4 Å². The Morgan fingerprint density at radius 3 is 2.32 bits per heavy atom. The minimum Gasteiger partial charge on any atom is -0.493 e. The van der Waals surface area contributed by atoms with Crippen LogP contribution in [0.5, 0.6) is 5.75 Å². The smallest absolute Gasteiger partial charge is 0.327 e. The third-order valence-electron chi connectivity index (χ3n) is 7.84. The van der Waals surface area contributed by atoms with Gasteiger partial charge < -0.3 is 9.84 Å². The van der Waals surface area contributed by atoms with Crippen molar-refractivity contribution in [2.45, 2.75) is 57.0 Å². The van der Waals surface area contributed by atoms with E-state index in [0.717, 1.165) is 49.9 Å². The van der Waals surface area contributed by atoms with Gasteiger partial charge in [0.15, 0.2) is 0 Å². The molecule has 2 aliphatic heterocycles.